The summed E-state index contributed by atoms with van der Waals surface area (Å²) in [6.07, 6.45) is 8.24. The molecule has 2 heterocycles. The van der Waals surface area contributed by atoms with Crippen LogP contribution >= 0.6 is 0 Å². The van der Waals surface area contributed by atoms with E-state index >= 15 is 0 Å². The Morgan fingerprint density at radius 2 is 1.33 bits per heavy atom. The Hall–Kier alpha value is -0.120. The Kier molecular flexibility index (Phi) is 4.90. The molecule has 2 rings (SSSR count). The molecule has 3 N–H and O–H groups in total. The molecule has 2 aliphatic heterocycles. The molecule has 2 fully saturated rings. The lowest BCUT2D eigenvalue weighted by Gasteiger charge is -2.27. The molecule has 3 heteroatoms. The second-order valence-corrected chi connectivity index (χ2v) is 4.95. The van der Waals surface area contributed by atoms with Gasteiger partial charge in [-0.1, -0.05) is 12.8 Å². The SMILES string of the molecule is C1CCC(CNCC2CCCCN2)NC1. The maximum Gasteiger partial charge on any atom is 0.0192 e. The molecule has 0 aromatic rings. The van der Waals surface area contributed by atoms with Gasteiger partial charge >= 0.3 is 0 Å². The first-order valence-electron chi connectivity index (χ1n) is 6.62. The fourth-order valence-electron chi connectivity index (χ4n) is 2.63. The van der Waals surface area contributed by atoms with E-state index < -0.39 is 0 Å². The van der Waals surface area contributed by atoms with Crippen molar-refractivity contribution in [3.63, 3.8) is 0 Å². The fraction of sp³-hybridized carbons (Fsp3) is 1.00. The predicted octanol–water partition coefficient (Wildman–Crippen LogP) is 0.860. The molecular weight excluding hydrogens is 186 g/mol. The normalized spacial score (nSPS) is 32.8. The molecule has 88 valence electrons. The highest BCUT2D eigenvalue weighted by atomic mass is 15.0. The second kappa shape index (κ2) is 6.46. The minimum atomic E-state index is 0.724. The van der Waals surface area contributed by atoms with Crippen molar-refractivity contribution in [1.29, 1.82) is 0 Å². The molecule has 0 radical (unpaired) electrons. The number of hydrogen-bond donors (Lipinski definition) is 3. The minimum absolute atomic E-state index is 0.724. The first kappa shape index (κ1) is 11.4. The quantitative estimate of drug-likeness (QED) is 0.645. The highest BCUT2D eigenvalue weighted by molar-refractivity contribution is 4.78. The van der Waals surface area contributed by atoms with Crippen LogP contribution in [0.25, 0.3) is 0 Å². The molecule has 3 nitrogen and oxygen atoms in total. The van der Waals surface area contributed by atoms with E-state index in [1.54, 1.807) is 0 Å². The topological polar surface area (TPSA) is 36.1 Å². The largest absolute Gasteiger partial charge is 0.314 e. The highest BCUT2D eigenvalue weighted by Gasteiger charge is 2.14. The van der Waals surface area contributed by atoms with Crippen LogP contribution in [0.3, 0.4) is 0 Å². The summed E-state index contributed by atoms with van der Waals surface area (Å²) in [7, 11) is 0. The molecule has 0 bridgehead atoms. The highest BCUT2D eigenvalue weighted by Crippen LogP contribution is 2.07. The molecule has 0 aromatic heterocycles. The smallest absolute Gasteiger partial charge is 0.0192 e. The number of nitrogens with one attached hydrogen (secondary N) is 3. The third-order valence-corrected chi connectivity index (χ3v) is 3.61. The van der Waals surface area contributed by atoms with E-state index in [1.165, 1.54) is 51.6 Å². The van der Waals surface area contributed by atoms with Crippen LogP contribution in [-0.2, 0) is 0 Å². The van der Waals surface area contributed by atoms with Gasteiger partial charge in [0, 0.05) is 25.2 Å². The summed E-state index contributed by atoms with van der Waals surface area (Å²) in [4.78, 5) is 0. The summed E-state index contributed by atoms with van der Waals surface area (Å²) in [6.45, 7) is 4.73. The molecule has 0 saturated carbocycles. The molecule has 15 heavy (non-hydrogen) atoms. The van der Waals surface area contributed by atoms with E-state index in [0.717, 1.165) is 25.2 Å². The van der Waals surface area contributed by atoms with Gasteiger partial charge in [0.2, 0.25) is 0 Å². The summed E-state index contributed by atoms with van der Waals surface area (Å²) in [6, 6.07) is 1.45. The van der Waals surface area contributed by atoms with Crippen LogP contribution in [0.15, 0.2) is 0 Å². The van der Waals surface area contributed by atoms with E-state index in [4.69, 9.17) is 0 Å². The van der Waals surface area contributed by atoms with E-state index in [1.807, 2.05) is 0 Å². The number of piperidine rings is 2. The van der Waals surface area contributed by atoms with Gasteiger partial charge in [0.15, 0.2) is 0 Å². The van der Waals surface area contributed by atoms with E-state index in [9.17, 15) is 0 Å². The molecule has 0 spiro atoms. The van der Waals surface area contributed by atoms with Crippen molar-refractivity contribution in [3.8, 4) is 0 Å². The van der Waals surface area contributed by atoms with E-state index in [-0.39, 0.29) is 0 Å². The van der Waals surface area contributed by atoms with Crippen LogP contribution in [0.4, 0.5) is 0 Å². The van der Waals surface area contributed by atoms with Crippen LogP contribution in [0.2, 0.25) is 0 Å². The summed E-state index contributed by atoms with van der Waals surface area (Å²) < 4.78 is 0. The molecule has 0 aliphatic carbocycles. The fourth-order valence-corrected chi connectivity index (χ4v) is 2.63. The zero-order valence-electron chi connectivity index (χ0n) is 9.73. The molecule has 0 aromatic carbocycles. The summed E-state index contributed by atoms with van der Waals surface area (Å²) in [5.41, 5.74) is 0. The molecule has 2 atom stereocenters. The van der Waals surface area contributed by atoms with Gasteiger partial charge in [0.1, 0.15) is 0 Å². The monoisotopic (exact) mass is 211 g/mol. The van der Waals surface area contributed by atoms with Gasteiger partial charge in [-0.25, -0.2) is 0 Å². The predicted molar refractivity (Wildman–Crippen MR) is 64.2 cm³/mol. The maximum atomic E-state index is 3.60. The maximum absolute atomic E-state index is 3.60. The lowest BCUT2D eigenvalue weighted by atomic mass is 10.0. The number of hydrogen-bond acceptors (Lipinski definition) is 3. The zero-order chi connectivity index (χ0) is 10.3. The van der Waals surface area contributed by atoms with Gasteiger partial charge in [0.05, 0.1) is 0 Å². The number of rotatable bonds is 4. The standard InChI is InChI=1S/C12H25N3/c1-3-7-14-11(5-1)9-13-10-12-6-2-4-8-15-12/h11-15H,1-10H2. The lowest BCUT2D eigenvalue weighted by molar-refractivity contribution is 0.350. The summed E-state index contributed by atoms with van der Waals surface area (Å²) in [5, 5.41) is 10.7. The van der Waals surface area contributed by atoms with Crippen molar-refractivity contribution in [2.75, 3.05) is 26.2 Å². The Bertz CT molecular complexity index is 142. The third kappa shape index (κ3) is 4.09. The van der Waals surface area contributed by atoms with Crippen molar-refractivity contribution < 1.29 is 0 Å². The molecule has 0 amide bonds. The van der Waals surface area contributed by atoms with Crippen LogP contribution in [0, 0.1) is 0 Å². The van der Waals surface area contributed by atoms with Crippen molar-refractivity contribution >= 4 is 0 Å². The molecule has 2 aliphatic rings. The van der Waals surface area contributed by atoms with Crippen molar-refractivity contribution in [2.45, 2.75) is 50.6 Å². The van der Waals surface area contributed by atoms with E-state index in [2.05, 4.69) is 16.0 Å². The first-order valence-corrected chi connectivity index (χ1v) is 6.62. The molecule has 2 unspecified atom stereocenters. The average molecular weight is 211 g/mol. The first-order chi connectivity index (χ1) is 7.45. The van der Waals surface area contributed by atoms with Gasteiger partial charge in [-0.05, 0) is 38.8 Å². The lowest BCUT2D eigenvalue weighted by Crippen LogP contribution is -2.47. The van der Waals surface area contributed by atoms with Crippen molar-refractivity contribution in [2.24, 2.45) is 0 Å². The summed E-state index contributed by atoms with van der Waals surface area (Å²) in [5.74, 6) is 0. The van der Waals surface area contributed by atoms with Gasteiger partial charge in [-0.3, -0.25) is 0 Å². The van der Waals surface area contributed by atoms with Crippen LogP contribution < -0.4 is 16.0 Å². The van der Waals surface area contributed by atoms with Crippen LogP contribution in [0.5, 0.6) is 0 Å². The van der Waals surface area contributed by atoms with Gasteiger partial charge in [-0.2, -0.15) is 0 Å². The molecular formula is C12H25N3. The summed E-state index contributed by atoms with van der Waals surface area (Å²) >= 11 is 0. The Balaban J connectivity index is 1.53. The van der Waals surface area contributed by atoms with Gasteiger partial charge in [0.25, 0.3) is 0 Å². The van der Waals surface area contributed by atoms with Crippen LogP contribution in [0.1, 0.15) is 38.5 Å². The van der Waals surface area contributed by atoms with Crippen molar-refractivity contribution in [3.05, 3.63) is 0 Å². The van der Waals surface area contributed by atoms with Gasteiger partial charge < -0.3 is 16.0 Å². The Labute approximate surface area is 93.4 Å². The zero-order valence-corrected chi connectivity index (χ0v) is 9.73. The Morgan fingerprint density at radius 3 is 1.73 bits per heavy atom. The van der Waals surface area contributed by atoms with Gasteiger partial charge in [-0.15, -0.1) is 0 Å². The third-order valence-electron chi connectivity index (χ3n) is 3.61. The van der Waals surface area contributed by atoms with Crippen molar-refractivity contribution in [1.82, 2.24) is 16.0 Å². The van der Waals surface area contributed by atoms with Crippen LogP contribution in [-0.4, -0.2) is 38.3 Å². The molecule has 2 saturated heterocycles. The second-order valence-electron chi connectivity index (χ2n) is 4.95. The Morgan fingerprint density at radius 1 is 0.800 bits per heavy atom. The average Bonchev–Trinajstić information content (AvgIpc) is 2.32. The van der Waals surface area contributed by atoms with E-state index in [0.29, 0.717) is 0 Å². The minimum Gasteiger partial charge on any atom is -0.314 e.